The third-order valence-electron chi connectivity index (χ3n) is 5.96. The van der Waals surface area contributed by atoms with Crippen LogP contribution in [0, 0.1) is 0 Å². The predicted octanol–water partition coefficient (Wildman–Crippen LogP) is 5.36. The molecule has 178 valence electrons. The molecule has 0 bridgehead atoms. The van der Waals surface area contributed by atoms with E-state index in [0.29, 0.717) is 24.3 Å². The number of benzene rings is 2. The second kappa shape index (κ2) is 12.3. The molecule has 6 nitrogen and oxygen atoms in total. The van der Waals surface area contributed by atoms with E-state index in [0.717, 1.165) is 37.2 Å². The lowest BCUT2D eigenvalue weighted by molar-refractivity contribution is -0.137. The Morgan fingerprint density at radius 1 is 1.06 bits per heavy atom. The standard InChI is InChI=1S/C27H36N2O4/c1-21(2)29(27(32)22-13-15-24(16-14-22)28-17-7-8-18-28)20-23-10-5-6-11-25(23)33-19-9-3-4-12-26(30)31/h5-6,10-11,13-16,21H,3-4,7-9,12,17-20H2,1-2H3,(H,30,31)/i21D. The van der Waals surface area contributed by atoms with E-state index in [9.17, 15) is 9.59 Å². The second-order valence-corrected chi connectivity index (χ2v) is 8.74. The topological polar surface area (TPSA) is 70.1 Å². The Bertz CT molecular complexity index is 950. The van der Waals surface area contributed by atoms with E-state index in [1.54, 1.807) is 18.7 Å². The second-order valence-electron chi connectivity index (χ2n) is 8.74. The molecule has 0 spiro atoms. The maximum atomic E-state index is 13.4. The molecule has 1 heterocycles. The van der Waals surface area contributed by atoms with Gasteiger partial charge in [-0.05, 0) is 76.3 Å². The van der Waals surface area contributed by atoms with Crippen LogP contribution in [0.25, 0.3) is 0 Å². The van der Waals surface area contributed by atoms with Gasteiger partial charge >= 0.3 is 5.97 Å². The average molecular weight is 454 g/mol. The van der Waals surface area contributed by atoms with Gasteiger partial charge < -0.3 is 19.6 Å². The van der Waals surface area contributed by atoms with Crippen molar-refractivity contribution >= 4 is 17.6 Å². The van der Waals surface area contributed by atoms with Crippen LogP contribution in [0.5, 0.6) is 5.75 Å². The first-order chi connectivity index (χ1) is 16.3. The zero-order chi connectivity index (χ0) is 24.6. The monoisotopic (exact) mass is 453 g/mol. The van der Waals surface area contributed by atoms with E-state index < -0.39 is 12.0 Å². The quantitative estimate of drug-likeness (QED) is 0.438. The number of hydrogen-bond acceptors (Lipinski definition) is 4. The van der Waals surface area contributed by atoms with Crippen molar-refractivity contribution in [3.8, 4) is 5.75 Å². The van der Waals surface area contributed by atoms with Crippen molar-refractivity contribution in [3.05, 3.63) is 59.7 Å². The Labute approximate surface area is 198 Å². The molecule has 1 aliphatic heterocycles. The van der Waals surface area contributed by atoms with Gasteiger partial charge in [-0.15, -0.1) is 0 Å². The van der Waals surface area contributed by atoms with Gasteiger partial charge in [-0.2, -0.15) is 0 Å². The molecule has 33 heavy (non-hydrogen) atoms. The minimum absolute atomic E-state index is 0.172. The third-order valence-corrected chi connectivity index (χ3v) is 5.96. The molecule has 2 aromatic rings. The van der Waals surface area contributed by atoms with Crippen molar-refractivity contribution in [2.75, 3.05) is 24.6 Å². The summed E-state index contributed by atoms with van der Waals surface area (Å²) in [6.07, 6.45) is 4.75. The van der Waals surface area contributed by atoms with Gasteiger partial charge in [0.15, 0.2) is 0 Å². The smallest absolute Gasteiger partial charge is 0.303 e. The number of carboxylic acid groups (broad SMARTS) is 1. The fourth-order valence-electron chi connectivity index (χ4n) is 4.06. The molecular weight excluding hydrogens is 416 g/mol. The van der Waals surface area contributed by atoms with Crippen LogP contribution in [0.4, 0.5) is 5.69 Å². The number of aliphatic carboxylic acids is 1. The third kappa shape index (κ3) is 7.24. The molecular formula is C27H36N2O4. The van der Waals surface area contributed by atoms with Gasteiger partial charge in [0, 0.05) is 48.9 Å². The highest BCUT2D eigenvalue weighted by atomic mass is 16.5. The number of ether oxygens (including phenoxy) is 1. The van der Waals surface area contributed by atoms with E-state index >= 15 is 0 Å². The summed E-state index contributed by atoms with van der Waals surface area (Å²) in [6, 6.07) is 14.2. The highest BCUT2D eigenvalue weighted by Crippen LogP contribution is 2.24. The summed E-state index contributed by atoms with van der Waals surface area (Å²) in [4.78, 5) is 28.0. The van der Waals surface area contributed by atoms with Gasteiger partial charge in [-0.1, -0.05) is 18.2 Å². The number of rotatable bonds is 12. The van der Waals surface area contributed by atoms with Gasteiger partial charge in [-0.3, -0.25) is 9.59 Å². The van der Waals surface area contributed by atoms with Crippen LogP contribution in [0.1, 0.15) is 69.7 Å². The zero-order valence-electron chi connectivity index (χ0n) is 20.8. The van der Waals surface area contributed by atoms with Gasteiger partial charge in [0.1, 0.15) is 5.75 Å². The summed E-state index contributed by atoms with van der Waals surface area (Å²) in [5, 5.41) is 8.74. The lowest BCUT2D eigenvalue weighted by atomic mass is 10.1. The van der Waals surface area contributed by atoms with E-state index in [2.05, 4.69) is 4.90 Å². The summed E-state index contributed by atoms with van der Waals surface area (Å²) in [5.74, 6) is -0.275. The highest BCUT2D eigenvalue weighted by molar-refractivity contribution is 5.94. The van der Waals surface area contributed by atoms with Crippen molar-refractivity contribution in [1.82, 2.24) is 4.90 Å². The van der Waals surface area contributed by atoms with Crippen LogP contribution in [0.2, 0.25) is 0 Å². The maximum absolute atomic E-state index is 13.4. The fourth-order valence-corrected chi connectivity index (χ4v) is 4.06. The number of hydrogen-bond donors (Lipinski definition) is 1. The number of unbranched alkanes of at least 4 members (excludes halogenated alkanes) is 2. The van der Waals surface area contributed by atoms with Gasteiger partial charge in [0.25, 0.3) is 5.91 Å². The lowest BCUT2D eigenvalue weighted by Gasteiger charge is -2.28. The number of carbonyl (C=O) groups excluding carboxylic acids is 1. The van der Waals surface area contributed by atoms with E-state index in [1.165, 1.54) is 12.8 Å². The average Bonchev–Trinajstić information content (AvgIpc) is 3.34. The van der Waals surface area contributed by atoms with Crippen molar-refractivity contribution in [2.24, 2.45) is 0 Å². The number of para-hydroxylation sites is 1. The molecule has 1 aliphatic rings. The molecule has 1 amide bonds. The van der Waals surface area contributed by atoms with Crippen LogP contribution in [-0.2, 0) is 11.3 Å². The predicted molar refractivity (Wildman–Crippen MR) is 131 cm³/mol. The van der Waals surface area contributed by atoms with E-state index in [4.69, 9.17) is 11.2 Å². The molecule has 1 fully saturated rings. The number of anilines is 1. The maximum Gasteiger partial charge on any atom is 0.303 e. The summed E-state index contributed by atoms with van der Waals surface area (Å²) in [6.45, 7) is 6.28. The molecule has 0 radical (unpaired) electrons. The normalized spacial score (nSPS) is 14.1. The summed E-state index contributed by atoms with van der Waals surface area (Å²) in [7, 11) is 0. The lowest BCUT2D eigenvalue weighted by Crippen LogP contribution is -2.36. The van der Waals surface area contributed by atoms with Gasteiger partial charge in [0.05, 0.1) is 7.98 Å². The molecule has 3 rings (SSSR count). The van der Waals surface area contributed by atoms with Crippen LogP contribution in [0.15, 0.2) is 48.5 Å². The Morgan fingerprint density at radius 2 is 1.76 bits per heavy atom. The SMILES string of the molecule is [2H]C(C)(C)N(Cc1ccccc1OCCCCCC(=O)O)C(=O)c1ccc(N2CCCC2)cc1. The van der Waals surface area contributed by atoms with Gasteiger partial charge in [-0.25, -0.2) is 0 Å². The largest absolute Gasteiger partial charge is 0.493 e. The van der Waals surface area contributed by atoms with Crippen molar-refractivity contribution < 1.29 is 20.8 Å². The number of carbonyl (C=O) groups is 2. The highest BCUT2D eigenvalue weighted by Gasteiger charge is 2.21. The van der Waals surface area contributed by atoms with Crippen LogP contribution >= 0.6 is 0 Å². The first-order valence-electron chi connectivity index (χ1n) is 12.3. The minimum atomic E-state index is -1.12. The molecule has 0 saturated carbocycles. The first-order valence-corrected chi connectivity index (χ1v) is 11.8. The molecule has 2 aromatic carbocycles. The van der Waals surface area contributed by atoms with Gasteiger partial charge in [0.2, 0.25) is 0 Å². The molecule has 1 saturated heterocycles. The van der Waals surface area contributed by atoms with Crippen LogP contribution < -0.4 is 9.64 Å². The Morgan fingerprint density at radius 3 is 2.42 bits per heavy atom. The number of nitrogens with zero attached hydrogens (tertiary/aromatic N) is 2. The Balaban J connectivity index is 1.67. The minimum Gasteiger partial charge on any atom is -0.493 e. The van der Waals surface area contributed by atoms with E-state index in [1.807, 2.05) is 48.5 Å². The summed E-state index contributed by atoms with van der Waals surface area (Å²) >= 11 is 0. The summed E-state index contributed by atoms with van der Waals surface area (Å²) in [5.41, 5.74) is 2.54. The molecule has 0 unspecified atom stereocenters. The Hall–Kier alpha value is -3.02. The molecule has 6 heteroatoms. The molecule has 1 N–H and O–H groups in total. The molecule has 0 aliphatic carbocycles. The Kier molecular flexibility index (Phi) is 8.62. The first kappa shape index (κ1) is 23.1. The molecule has 0 atom stereocenters. The fraction of sp³-hybridized carbons (Fsp3) is 0.481. The van der Waals surface area contributed by atoms with Crippen molar-refractivity contribution in [2.45, 2.75) is 64.9 Å². The van der Waals surface area contributed by atoms with Crippen LogP contribution in [-0.4, -0.2) is 47.6 Å². The number of carboxylic acids is 1. The summed E-state index contributed by atoms with van der Waals surface area (Å²) < 4.78 is 14.6. The van der Waals surface area contributed by atoms with Crippen molar-refractivity contribution in [3.63, 3.8) is 0 Å². The van der Waals surface area contributed by atoms with Crippen LogP contribution in [0.3, 0.4) is 0 Å². The number of amides is 1. The van der Waals surface area contributed by atoms with E-state index in [-0.39, 0.29) is 18.9 Å². The molecule has 0 aromatic heterocycles. The van der Waals surface area contributed by atoms with Crippen molar-refractivity contribution in [1.29, 1.82) is 0 Å². The zero-order valence-corrected chi connectivity index (χ0v) is 19.8.